The largest absolute Gasteiger partial charge is 0.394 e. The number of benzene rings is 1. The summed E-state index contributed by atoms with van der Waals surface area (Å²) in [5.74, 6) is -0.110. The van der Waals surface area contributed by atoms with Crippen LogP contribution in [0.25, 0.3) is 6.08 Å². The molecule has 3 nitrogen and oxygen atoms in total. The third-order valence-corrected chi connectivity index (χ3v) is 3.56. The fourth-order valence-electron chi connectivity index (χ4n) is 1.47. The molecule has 2 N–H and O–H groups in total. The SMILES string of the molecule is CC(C)[C@@H](CO)NC(=O)C=Cc1cccc(Cl)c1Cl. The molecule has 1 rings (SSSR count). The first-order valence-electron chi connectivity index (χ1n) is 5.99. The lowest BCUT2D eigenvalue weighted by atomic mass is 10.1. The summed E-state index contributed by atoms with van der Waals surface area (Å²) in [5.41, 5.74) is 0.675. The Morgan fingerprint density at radius 2 is 2.11 bits per heavy atom. The molecule has 0 saturated carbocycles. The lowest BCUT2D eigenvalue weighted by molar-refractivity contribution is -0.117. The summed E-state index contributed by atoms with van der Waals surface area (Å²) in [6.45, 7) is 3.77. The zero-order chi connectivity index (χ0) is 14.4. The fourth-order valence-corrected chi connectivity index (χ4v) is 1.84. The molecule has 104 valence electrons. The van der Waals surface area contributed by atoms with Gasteiger partial charge < -0.3 is 10.4 Å². The molecule has 0 radical (unpaired) electrons. The van der Waals surface area contributed by atoms with E-state index in [1.807, 2.05) is 13.8 Å². The van der Waals surface area contributed by atoms with Crippen molar-refractivity contribution in [3.63, 3.8) is 0 Å². The minimum atomic E-state index is -0.274. The number of aliphatic hydroxyl groups excluding tert-OH is 1. The predicted octanol–water partition coefficient (Wildman–Crippen LogP) is 3.14. The molecule has 0 aliphatic carbocycles. The monoisotopic (exact) mass is 301 g/mol. The molecular weight excluding hydrogens is 285 g/mol. The van der Waals surface area contributed by atoms with Crippen LogP contribution in [0.3, 0.4) is 0 Å². The van der Waals surface area contributed by atoms with Crippen molar-refractivity contribution in [1.29, 1.82) is 0 Å². The van der Waals surface area contributed by atoms with Crippen molar-refractivity contribution < 1.29 is 9.90 Å². The summed E-state index contributed by atoms with van der Waals surface area (Å²) in [4.78, 5) is 11.7. The maximum atomic E-state index is 11.7. The van der Waals surface area contributed by atoms with Gasteiger partial charge in [0, 0.05) is 6.08 Å². The predicted molar refractivity (Wildman–Crippen MR) is 79.4 cm³/mol. The maximum Gasteiger partial charge on any atom is 0.244 e. The van der Waals surface area contributed by atoms with Crippen LogP contribution in [0.2, 0.25) is 10.0 Å². The van der Waals surface area contributed by atoms with Gasteiger partial charge in [0.2, 0.25) is 5.91 Å². The van der Waals surface area contributed by atoms with Gasteiger partial charge in [-0.05, 0) is 23.6 Å². The molecular formula is C14H17Cl2NO2. The number of halogens is 2. The van der Waals surface area contributed by atoms with E-state index in [1.165, 1.54) is 6.08 Å². The molecule has 1 atom stereocenters. The van der Waals surface area contributed by atoms with Gasteiger partial charge in [0.1, 0.15) is 0 Å². The van der Waals surface area contributed by atoms with Crippen molar-refractivity contribution in [2.45, 2.75) is 19.9 Å². The van der Waals surface area contributed by atoms with Gasteiger partial charge in [0.15, 0.2) is 0 Å². The number of aliphatic hydroxyl groups is 1. The molecule has 0 aliphatic rings. The Morgan fingerprint density at radius 3 is 2.68 bits per heavy atom. The van der Waals surface area contributed by atoms with Crippen molar-refractivity contribution in [2.75, 3.05) is 6.61 Å². The number of rotatable bonds is 5. The van der Waals surface area contributed by atoms with Crippen LogP contribution in [0.5, 0.6) is 0 Å². The summed E-state index contributed by atoms with van der Waals surface area (Å²) >= 11 is 11.9. The van der Waals surface area contributed by atoms with Crippen LogP contribution in [0, 0.1) is 5.92 Å². The van der Waals surface area contributed by atoms with Gasteiger partial charge in [-0.1, -0.05) is 49.2 Å². The lowest BCUT2D eigenvalue weighted by Crippen LogP contribution is -2.40. The minimum absolute atomic E-state index is 0.0881. The van der Waals surface area contributed by atoms with E-state index in [0.717, 1.165) is 0 Å². The van der Waals surface area contributed by atoms with Crippen molar-refractivity contribution in [3.05, 3.63) is 39.9 Å². The first kappa shape index (κ1) is 16.0. The highest BCUT2D eigenvalue weighted by Gasteiger charge is 2.13. The standard InChI is InChI=1S/C14H17Cl2NO2/c1-9(2)12(8-18)17-13(19)7-6-10-4-3-5-11(15)14(10)16/h3-7,9,12,18H,8H2,1-2H3,(H,17,19)/t12-/m1/s1. The quantitative estimate of drug-likeness (QED) is 0.821. The van der Waals surface area contributed by atoms with E-state index in [4.69, 9.17) is 28.3 Å². The van der Waals surface area contributed by atoms with E-state index in [-0.39, 0.29) is 24.5 Å². The van der Waals surface area contributed by atoms with Gasteiger partial charge >= 0.3 is 0 Å². The molecule has 0 aromatic heterocycles. The van der Waals surface area contributed by atoms with E-state index in [9.17, 15) is 4.79 Å². The zero-order valence-corrected chi connectivity index (χ0v) is 12.4. The van der Waals surface area contributed by atoms with E-state index < -0.39 is 0 Å². The van der Waals surface area contributed by atoms with Gasteiger partial charge in [0.25, 0.3) is 0 Å². The highest BCUT2D eigenvalue weighted by atomic mass is 35.5. The van der Waals surface area contributed by atoms with E-state index in [0.29, 0.717) is 15.6 Å². The number of hydrogen-bond donors (Lipinski definition) is 2. The molecule has 1 aromatic rings. The number of nitrogens with one attached hydrogen (secondary N) is 1. The van der Waals surface area contributed by atoms with Crippen LogP contribution in [-0.2, 0) is 4.79 Å². The Labute approximate surface area is 123 Å². The van der Waals surface area contributed by atoms with E-state index >= 15 is 0 Å². The highest BCUT2D eigenvalue weighted by Crippen LogP contribution is 2.26. The van der Waals surface area contributed by atoms with Gasteiger partial charge in [0.05, 0.1) is 22.7 Å². The fraction of sp³-hybridized carbons (Fsp3) is 0.357. The van der Waals surface area contributed by atoms with E-state index in [1.54, 1.807) is 24.3 Å². The van der Waals surface area contributed by atoms with Crippen LogP contribution in [0.1, 0.15) is 19.4 Å². The summed E-state index contributed by atoms with van der Waals surface area (Å²) in [6.07, 6.45) is 2.97. The molecule has 0 aliphatic heterocycles. The number of carbonyl (C=O) groups is 1. The summed E-state index contributed by atoms with van der Waals surface area (Å²) in [7, 11) is 0. The van der Waals surface area contributed by atoms with E-state index in [2.05, 4.69) is 5.32 Å². The van der Waals surface area contributed by atoms with Gasteiger partial charge in [-0.2, -0.15) is 0 Å². The average molecular weight is 302 g/mol. The summed E-state index contributed by atoms with van der Waals surface area (Å²) in [6, 6.07) is 4.95. The molecule has 0 unspecified atom stereocenters. The lowest BCUT2D eigenvalue weighted by Gasteiger charge is -2.18. The molecule has 5 heteroatoms. The Morgan fingerprint density at radius 1 is 1.42 bits per heavy atom. The molecule has 0 saturated heterocycles. The first-order valence-corrected chi connectivity index (χ1v) is 6.74. The Bertz CT molecular complexity index is 473. The first-order chi connectivity index (χ1) is 8.95. The van der Waals surface area contributed by atoms with Crippen LogP contribution < -0.4 is 5.32 Å². The Kier molecular flexibility index (Phi) is 6.35. The molecule has 1 aromatic carbocycles. The molecule has 1 amide bonds. The smallest absolute Gasteiger partial charge is 0.244 e. The third kappa shape index (κ3) is 4.86. The molecule has 0 bridgehead atoms. The second-order valence-corrected chi connectivity index (χ2v) is 5.30. The Balaban J connectivity index is 2.71. The van der Waals surface area contributed by atoms with Crippen LogP contribution in [0.15, 0.2) is 24.3 Å². The van der Waals surface area contributed by atoms with Crippen molar-refractivity contribution >= 4 is 35.2 Å². The topological polar surface area (TPSA) is 49.3 Å². The summed E-state index contributed by atoms with van der Waals surface area (Å²) in [5, 5.41) is 12.7. The van der Waals surface area contributed by atoms with Crippen molar-refractivity contribution in [3.8, 4) is 0 Å². The number of amides is 1. The number of carbonyl (C=O) groups excluding carboxylic acids is 1. The van der Waals surface area contributed by atoms with Gasteiger partial charge in [-0.15, -0.1) is 0 Å². The van der Waals surface area contributed by atoms with Crippen LogP contribution >= 0.6 is 23.2 Å². The number of hydrogen-bond acceptors (Lipinski definition) is 2. The Hall–Kier alpha value is -1.03. The molecule has 0 heterocycles. The normalized spacial score (nSPS) is 12.9. The maximum absolute atomic E-state index is 11.7. The second kappa shape index (κ2) is 7.53. The van der Waals surface area contributed by atoms with Crippen molar-refractivity contribution in [1.82, 2.24) is 5.32 Å². The van der Waals surface area contributed by atoms with Crippen LogP contribution in [-0.4, -0.2) is 23.7 Å². The highest BCUT2D eigenvalue weighted by molar-refractivity contribution is 6.42. The second-order valence-electron chi connectivity index (χ2n) is 4.52. The van der Waals surface area contributed by atoms with Crippen molar-refractivity contribution in [2.24, 2.45) is 5.92 Å². The molecule has 19 heavy (non-hydrogen) atoms. The molecule has 0 fully saturated rings. The van der Waals surface area contributed by atoms with Gasteiger partial charge in [-0.3, -0.25) is 4.79 Å². The zero-order valence-electron chi connectivity index (χ0n) is 10.9. The average Bonchev–Trinajstić information content (AvgIpc) is 2.37. The molecule has 0 spiro atoms. The van der Waals surface area contributed by atoms with Crippen LogP contribution in [0.4, 0.5) is 0 Å². The van der Waals surface area contributed by atoms with Gasteiger partial charge in [-0.25, -0.2) is 0 Å². The minimum Gasteiger partial charge on any atom is -0.394 e. The third-order valence-electron chi connectivity index (χ3n) is 2.72. The summed E-state index contributed by atoms with van der Waals surface area (Å²) < 4.78 is 0.